The maximum atomic E-state index is 11.5. The van der Waals surface area contributed by atoms with E-state index in [0.717, 1.165) is 0 Å². The molecule has 0 bridgehead atoms. The summed E-state index contributed by atoms with van der Waals surface area (Å²) in [5.74, 6) is -0.379. The van der Waals surface area contributed by atoms with Crippen molar-refractivity contribution < 1.29 is 9.21 Å². The Morgan fingerprint density at radius 3 is 2.82 bits per heavy atom. The molecule has 2 N–H and O–H groups in total. The molecular weight excluding hydrogens is 222 g/mol. The Morgan fingerprint density at radius 2 is 2.29 bits per heavy atom. The second kappa shape index (κ2) is 4.21. The number of hydrogen-bond donors (Lipinski definition) is 2. The number of nitriles is 2. The Morgan fingerprint density at radius 1 is 1.47 bits per heavy atom. The third-order valence-electron chi connectivity index (χ3n) is 1.90. The van der Waals surface area contributed by atoms with Gasteiger partial charge in [-0.15, -0.1) is 0 Å². The number of furan rings is 1. The maximum absolute atomic E-state index is 11.5. The SMILES string of the molecule is N#Cc1nc(NC(=O)c2ccco2)[nH]c1C#N. The van der Waals surface area contributed by atoms with Crippen molar-refractivity contribution >= 4 is 11.9 Å². The zero-order chi connectivity index (χ0) is 12.3. The Labute approximate surface area is 95.3 Å². The zero-order valence-electron chi connectivity index (χ0n) is 8.39. The number of H-pyrrole nitrogens is 1. The molecule has 7 nitrogen and oxygen atoms in total. The standard InChI is InChI=1S/C10H5N5O2/c11-4-6-7(5-12)14-10(13-6)15-9(16)8-2-1-3-17-8/h1-3H,(H2,13,14,15,16). The molecule has 17 heavy (non-hydrogen) atoms. The number of aromatic nitrogens is 2. The van der Waals surface area contributed by atoms with E-state index in [4.69, 9.17) is 14.9 Å². The first-order chi connectivity index (χ1) is 8.24. The summed E-state index contributed by atoms with van der Waals surface area (Å²) in [4.78, 5) is 17.8. The number of aromatic amines is 1. The van der Waals surface area contributed by atoms with Gasteiger partial charge in [-0.05, 0) is 12.1 Å². The van der Waals surface area contributed by atoms with Gasteiger partial charge in [0.05, 0.1) is 6.26 Å². The topological polar surface area (TPSA) is 118 Å². The molecule has 1 amide bonds. The van der Waals surface area contributed by atoms with Gasteiger partial charge in [0.1, 0.15) is 12.1 Å². The largest absolute Gasteiger partial charge is 0.459 e. The number of rotatable bonds is 2. The fourth-order valence-corrected chi connectivity index (χ4v) is 1.17. The predicted molar refractivity (Wildman–Crippen MR) is 54.7 cm³/mol. The third kappa shape index (κ3) is 1.98. The van der Waals surface area contributed by atoms with Crippen LogP contribution in [0.25, 0.3) is 0 Å². The average molecular weight is 227 g/mol. The number of imidazole rings is 1. The average Bonchev–Trinajstić information content (AvgIpc) is 2.97. The first kappa shape index (κ1) is 10.5. The summed E-state index contributed by atoms with van der Waals surface area (Å²) in [5, 5.41) is 19.7. The number of nitrogens with one attached hydrogen (secondary N) is 2. The molecule has 0 atom stereocenters. The number of hydrogen-bond acceptors (Lipinski definition) is 5. The summed E-state index contributed by atoms with van der Waals surface area (Å²) in [6.45, 7) is 0. The fraction of sp³-hybridized carbons (Fsp3) is 0. The van der Waals surface area contributed by atoms with Crippen molar-refractivity contribution in [3.63, 3.8) is 0 Å². The first-order valence-corrected chi connectivity index (χ1v) is 4.49. The van der Waals surface area contributed by atoms with Gasteiger partial charge in [-0.3, -0.25) is 10.1 Å². The van der Waals surface area contributed by atoms with Crippen molar-refractivity contribution in [1.29, 1.82) is 10.5 Å². The zero-order valence-corrected chi connectivity index (χ0v) is 8.39. The van der Waals surface area contributed by atoms with Crippen molar-refractivity contribution in [2.75, 3.05) is 5.32 Å². The van der Waals surface area contributed by atoms with Crippen LogP contribution in [0.15, 0.2) is 22.8 Å². The summed E-state index contributed by atoms with van der Waals surface area (Å²) in [7, 11) is 0. The van der Waals surface area contributed by atoms with Gasteiger partial charge < -0.3 is 9.40 Å². The highest BCUT2D eigenvalue weighted by Crippen LogP contribution is 2.09. The van der Waals surface area contributed by atoms with Crippen molar-refractivity contribution in [3.8, 4) is 12.1 Å². The smallest absolute Gasteiger partial charge is 0.293 e. The van der Waals surface area contributed by atoms with Crippen LogP contribution in [0.4, 0.5) is 5.95 Å². The lowest BCUT2D eigenvalue weighted by Gasteiger charge is -1.96. The van der Waals surface area contributed by atoms with E-state index in [1.165, 1.54) is 12.3 Å². The lowest BCUT2D eigenvalue weighted by atomic mass is 10.4. The highest BCUT2D eigenvalue weighted by Gasteiger charge is 2.14. The molecule has 0 aliphatic heterocycles. The van der Waals surface area contributed by atoms with E-state index in [-0.39, 0.29) is 23.1 Å². The first-order valence-electron chi connectivity index (χ1n) is 4.49. The van der Waals surface area contributed by atoms with Crippen LogP contribution in [0.5, 0.6) is 0 Å². The number of amides is 1. The van der Waals surface area contributed by atoms with E-state index in [1.54, 1.807) is 18.2 Å². The molecule has 7 heteroatoms. The minimum atomic E-state index is -0.516. The van der Waals surface area contributed by atoms with E-state index < -0.39 is 5.91 Å². The lowest BCUT2D eigenvalue weighted by molar-refractivity contribution is 0.0996. The third-order valence-corrected chi connectivity index (χ3v) is 1.90. The summed E-state index contributed by atoms with van der Waals surface area (Å²) < 4.78 is 4.87. The summed E-state index contributed by atoms with van der Waals surface area (Å²) in [6, 6.07) is 6.54. The van der Waals surface area contributed by atoms with Gasteiger partial charge in [0, 0.05) is 0 Å². The molecule has 0 fully saturated rings. The normalized spacial score (nSPS) is 9.29. The molecule has 82 valence electrons. The minimum Gasteiger partial charge on any atom is -0.459 e. The maximum Gasteiger partial charge on any atom is 0.293 e. The lowest BCUT2D eigenvalue weighted by Crippen LogP contribution is -2.11. The molecule has 0 unspecified atom stereocenters. The molecule has 0 saturated heterocycles. The van der Waals surface area contributed by atoms with Crippen molar-refractivity contribution in [2.24, 2.45) is 0 Å². The molecule has 2 aromatic rings. The minimum absolute atomic E-state index is 0.00208. The van der Waals surface area contributed by atoms with Crippen LogP contribution in [0.3, 0.4) is 0 Å². The fourth-order valence-electron chi connectivity index (χ4n) is 1.17. The Hall–Kier alpha value is -3.06. The number of carbonyl (C=O) groups excluding carboxylic acids is 1. The Balaban J connectivity index is 2.21. The second-order valence-corrected chi connectivity index (χ2v) is 2.96. The predicted octanol–water partition coefficient (Wildman–Crippen LogP) is 0.998. The van der Waals surface area contributed by atoms with Gasteiger partial charge in [-0.2, -0.15) is 10.5 Å². The van der Waals surface area contributed by atoms with Gasteiger partial charge >= 0.3 is 0 Å². The molecule has 2 rings (SSSR count). The van der Waals surface area contributed by atoms with Crippen molar-refractivity contribution in [3.05, 3.63) is 35.5 Å². The molecular formula is C10H5N5O2. The molecule has 0 aliphatic rings. The number of nitrogens with zero attached hydrogens (tertiary/aromatic N) is 3. The molecule has 2 heterocycles. The molecule has 0 saturated carbocycles. The van der Waals surface area contributed by atoms with Gasteiger partial charge in [0.2, 0.25) is 5.95 Å². The molecule has 0 aliphatic carbocycles. The van der Waals surface area contributed by atoms with Crippen molar-refractivity contribution in [2.45, 2.75) is 0 Å². The van der Waals surface area contributed by atoms with Crippen molar-refractivity contribution in [1.82, 2.24) is 9.97 Å². The Kier molecular flexibility index (Phi) is 2.59. The van der Waals surface area contributed by atoms with Gasteiger partial charge in [-0.1, -0.05) is 0 Å². The van der Waals surface area contributed by atoms with Crippen LogP contribution in [-0.2, 0) is 0 Å². The summed E-state index contributed by atoms with van der Waals surface area (Å²) in [6.07, 6.45) is 1.36. The van der Waals surface area contributed by atoms with Crippen LogP contribution in [0, 0.1) is 22.7 Å². The van der Waals surface area contributed by atoms with Crippen LogP contribution < -0.4 is 5.32 Å². The second-order valence-electron chi connectivity index (χ2n) is 2.96. The van der Waals surface area contributed by atoms with E-state index in [1.807, 2.05) is 0 Å². The van der Waals surface area contributed by atoms with E-state index in [9.17, 15) is 4.79 Å². The summed E-state index contributed by atoms with van der Waals surface area (Å²) in [5.41, 5.74) is -0.0653. The molecule has 0 aromatic carbocycles. The van der Waals surface area contributed by atoms with E-state index in [0.29, 0.717) is 0 Å². The van der Waals surface area contributed by atoms with E-state index in [2.05, 4.69) is 15.3 Å². The van der Waals surface area contributed by atoms with Crippen LogP contribution in [0.1, 0.15) is 21.9 Å². The van der Waals surface area contributed by atoms with Crippen LogP contribution in [0.2, 0.25) is 0 Å². The van der Waals surface area contributed by atoms with Gasteiger partial charge in [0.15, 0.2) is 17.1 Å². The monoisotopic (exact) mass is 227 g/mol. The van der Waals surface area contributed by atoms with Gasteiger partial charge in [-0.25, -0.2) is 4.98 Å². The number of carbonyl (C=O) groups is 1. The van der Waals surface area contributed by atoms with Gasteiger partial charge in [0.25, 0.3) is 5.91 Å². The van der Waals surface area contributed by atoms with Crippen LogP contribution >= 0.6 is 0 Å². The molecule has 2 aromatic heterocycles. The van der Waals surface area contributed by atoms with Crippen LogP contribution in [-0.4, -0.2) is 15.9 Å². The highest BCUT2D eigenvalue weighted by molar-refractivity contribution is 6.01. The number of anilines is 1. The molecule has 0 radical (unpaired) electrons. The molecule has 0 spiro atoms. The van der Waals surface area contributed by atoms with E-state index >= 15 is 0 Å². The quantitative estimate of drug-likeness (QED) is 0.793. The highest BCUT2D eigenvalue weighted by atomic mass is 16.3. The summed E-state index contributed by atoms with van der Waals surface area (Å²) >= 11 is 0. The Bertz CT molecular complexity index is 595.